The largest absolute Gasteiger partial charge is 0.379 e. The van der Waals surface area contributed by atoms with Crippen molar-refractivity contribution in [3.05, 3.63) is 61.2 Å². The first-order chi connectivity index (χ1) is 7.66. The molecule has 0 fully saturated rings. The minimum Gasteiger partial charge on any atom is -0.379 e. The van der Waals surface area contributed by atoms with Crippen LogP contribution in [0.25, 0.3) is 0 Å². The maximum Gasteiger partial charge on any atom is 0.127 e. The second-order valence-electron chi connectivity index (χ2n) is 3.71. The first-order valence-electron chi connectivity index (χ1n) is 5.22. The summed E-state index contributed by atoms with van der Waals surface area (Å²) in [6.45, 7) is 7.23. The fourth-order valence-corrected chi connectivity index (χ4v) is 1.61. The van der Waals surface area contributed by atoms with Gasteiger partial charge in [0, 0.05) is 13.5 Å². The van der Waals surface area contributed by atoms with Crippen molar-refractivity contribution >= 4 is 0 Å². The van der Waals surface area contributed by atoms with E-state index in [1.807, 2.05) is 30.3 Å². The summed E-state index contributed by atoms with van der Waals surface area (Å²) in [5.74, 6) is 0. The Labute approximate surface area is 96.9 Å². The van der Waals surface area contributed by atoms with E-state index in [-0.39, 0.29) is 6.10 Å². The highest BCUT2D eigenvalue weighted by Gasteiger charge is 2.30. The molecule has 0 heterocycles. The number of ether oxygens (including phenoxy) is 1. The van der Waals surface area contributed by atoms with Crippen LogP contribution in [0.2, 0.25) is 0 Å². The summed E-state index contributed by atoms with van der Waals surface area (Å²) in [5, 5.41) is 10.2. The van der Waals surface area contributed by atoms with Crippen molar-refractivity contribution in [2.24, 2.45) is 0 Å². The van der Waals surface area contributed by atoms with Gasteiger partial charge in [-0.05, 0) is 5.56 Å². The van der Waals surface area contributed by atoms with Gasteiger partial charge in [0.05, 0.1) is 6.10 Å². The van der Waals surface area contributed by atoms with Crippen molar-refractivity contribution in [3.8, 4) is 0 Å². The number of hydrogen-bond donors (Lipinski definition) is 1. The van der Waals surface area contributed by atoms with Gasteiger partial charge in [-0.3, -0.25) is 0 Å². The van der Waals surface area contributed by atoms with E-state index in [1.54, 1.807) is 7.11 Å². The van der Waals surface area contributed by atoms with Gasteiger partial charge in [-0.1, -0.05) is 55.6 Å². The van der Waals surface area contributed by atoms with Gasteiger partial charge in [0.2, 0.25) is 0 Å². The molecule has 0 spiro atoms. The molecule has 0 unspecified atom stereocenters. The van der Waals surface area contributed by atoms with Crippen LogP contribution in [-0.4, -0.2) is 23.9 Å². The molecular weight excluding hydrogens is 200 g/mol. The normalized spacial score (nSPS) is 13.1. The van der Waals surface area contributed by atoms with Gasteiger partial charge in [-0.25, -0.2) is 0 Å². The molecule has 1 aromatic carbocycles. The molecule has 86 valence electrons. The molecule has 1 aromatic rings. The second-order valence-corrected chi connectivity index (χ2v) is 3.71. The number of benzene rings is 1. The first-order valence-corrected chi connectivity index (χ1v) is 5.22. The molecule has 2 heteroatoms. The zero-order valence-electron chi connectivity index (χ0n) is 9.60. The Morgan fingerprint density at radius 2 is 1.88 bits per heavy atom. The summed E-state index contributed by atoms with van der Waals surface area (Å²) in [5.41, 5.74) is -0.0820. The Morgan fingerprint density at radius 1 is 1.31 bits per heavy atom. The molecule has 0 amide bonds. The van der Waals surface area contributed by atoms with Crippen LogP contribution in [0.3, 0.4) is 0 Å². The van der Waals surface area contributed by atoms with Gasteiger partial charge >= 0.3 is 0 Å². The summed E-state index contributed by atoms with van der Waals surface area (Å²) in [4.78, 5) is 0. The predicted molar refractivity (Wildman–Crippen MR) is 66.3 cm³/mol. The van der Waals surface area contributed by atoms with Gasteiger partial charge < -0.3 is 9.84 Å². The quantitative estimate of drug-likeness (QED) is 0.743. The monoisotopic (exact) mass is 218 g/mol. The first kappa shape index (κ1) is 12.7. The van der Waals surface area contributed by atoms with Crippen LogP contribution < -0.4 is 0 Å². The predicted octanol–water partition coefficient (Wildman–Crippen LogP) is 2.35. The summed E-state index contributed by atoms with van der Waals surface area (Å²) in [7, 11) is 1.57. The van der Waals surface area contributed by atoms with Crippen molar-refractivity contribution in [3.63, 3.8) is 0 Å². The van der Waals surface area contributed by atoms with E-state index in [2.05, 4.69) is 13.2 Å². The lowest BCUT2D eigenvalue weighted by molar-refractivity contribution is -0.0319. The van der Waals surface area contributed by atoms with Crippen molar-refractivity contribution in [2.45, 2.75) is 18.1 Å². The Hall–Kier alpha value is -1.38. The molecule has 0 aliphatic carbocycles. The lowest BCUT2D eigenvalue weighted by Crippen LogP contribution is -2.41. The number of aliphatic hydroxyl groups is 1. The van der Waals surface area contributed by atoms with Crippen molar-refractivity contribution in [1.29, 1.82) is 0 Å². The van der Waals surface area contributed by atoms with E-state index in [4.69, 9.17) is 4.74 Å². The van der Waals surface area contributed by atoms with Crippen LogP contribution in [0.5, 0.6) is 0 Å². The molecular formula is C14H18O2. The minimum atomic E-state index is -1.19. The van der Waals surface area contributed by atoms with Crippen LogP contribution in [0, 0.1) is 0 Å². The molecule has 0 saturated carbocycles. The van der Waals surface area contributed by atoms with E-state index in [0.29, 0.717) is 6.42 Å². The minimum absolute atomic E-state index is 0.370. The fraction of sp³-hybridized carbons (Fsp3) is 0.286. The Bertz CT molecular complexity index is 335. The molecule has 1 rings (SSSR count). The molecule has 16 heavy (non-hydrogen) atoms. The Morgan fingerprint density at radius 3 is 2.31 bits per heavy atom. The Kier molecular flexibility index (Phi) is 4.47. The molecule has 0 aromatic heterocycles. The number of methoxy groups -OCH3 is 1. The second kappa shape index (κ2) is 5.64. The molecule has 0 bridgehead atoms. The summed E-state index contributed by atoms with van der Waals surface area (Å²) >= 11 is 0. The molecule has 1 atom stereocenters. The maximum absolute atomic E-state index is 10.2. The highest BCUT2D eigenvalue weighted by Crippen LogP contribution is 2.20. The fourth-order valence-electron chi connectivity index (χ4n) is 1.61. The van der Waals surface area contributed by atoms with Crippen LogP contribution in [0.4, 0.5) is 0 Å². The zero-order chi connectivity index (χ0) is 12.0. The van der Waals surface area contributed by atoms with E-state index >= 15 is 0 Å². The van der Waals surface area contributed by atoms with Gasteiger partial charge in [0.25, 0.3) is 0 Å². The third-order valence-electron chi connectivity index (χ3n) is 2.72. The molecule has 0 radical (unpaired) electrons. The smallest absolute Gasteiger partial charge is 0.127 e. The van der Waals surface area contributed by atoms with Crippen LogP contribution >= 0.6 is 0 Å². The molecule has 1 N–H and O–H groups in total. The molecule has 2 nitrogen and oxygen atoms in total. The maximum atomic E-state index is 10.2. The van der Waals surface area contributed by atoms with Gasteiger partial charge in [-0.2, -0.15) is 0 Å². The summed E-state index contributed by atoms with van der Waals surface area (Å²) < 4.78 is 5.31. The van der Waals surface area contributed by atoms with Gasteiger partial charge in [0.15, 0.2) is 0 Å². The Balaban J connectivity index is 2.84. The van der Waals surface area contributed by atoms with Crippen molar-refractivity contribution < 1.29 is 9.84 Å². The third-order valence-corrected chi connectivity index (χ3v) is 2.72. The van der Waals surface area contributed by atoms with Gasteiger partial charge in [-0.15, -0.1) is 0 Å². The molecule has 0 aliphatic heterocycles. The van der Waals surface area contributed by atoms with Crippen LogP contribution in [0.15, 0.2) is 55.6 Å². The van der Waals surface area contributed by atoms with E-state index in [0.717, 1.165) is 5.56 Å². The highest BCUT2D eigenvalue weighted by molar-refractivity contribution is 5.20. The lowest BCUT2D eigenvalue weighted by atomic mass is 9.91. The van der Waals surface area contributed by atoms with Crippen LogP contribution in [-0.2, 0) is 11.2 Å². The van der Waals surface area contributed by atoms with E-state index < -0.39 is 5.60 Å². The van der Waals surface area contributed by atoms with Gasteiger partial charge in [0.1, 0.15) is 5.60 Å². The van der Waals surface area contributed by atoms with Crippen molar-refractivity contribution in [2.75, 3.05) is 7.11 Å². The number of rotatable bonds is 6. The average molecular weight is 218 g/mol. The average Bonchev–Trinajstić information content (AvgIpc) is 2.36. The van der Waals surface area contributed by atoms with Crippen LogP contribution in [0.1, 0.15) is 5.56 Å². The topological polar surface area (TPSA) is 29.5 Å². The zero-order valence-corrected chi connectivity index (χ0v) is 9.60. The van der Waals surface area contributed by atoms with Crippen molar-refractivity contribution in [1.82, 2.24) is 0 Å². The SMILES string of the molecule is C=CC(O)(C=C)[C@H](Cc1ccccc1)OC. The number of hydrogen-bond acceptors (Lipinski definition) is 2. The highest BCUT2D eigenvalue weighted by atomic mass is 16.5. The standard InChI is InChI=1S/C14H18O2/c1-4-14(15,5-2)13(16-3)11-12-9-7-6-8-10-12/h4-10,13,15H,1-2,11H2,3H3/t13-/m0/s1. The third kappa shape index (κ3) is 2.81. The molecule has 0 saturated heterocycles. The summed E-state index contributed by atoms with van der Waals surface area (Å²) in [6.07, 6.45) is 3.16. The molecule has 0 aliphatic rings. The summed E-state index contributed by atoms with van der Waals surface area (Å²) in [6, 6.07) is 9.88. The van der Waals surface area contributed by atoms with E-state index in [9.17, 15) is 5.11 Å². The lowest BCUT2D eigenvalue weighted by Gasteiger charge is -2.29. The van der Waals surface area contributed by atoms with E-state index in [1.165, 1.54) is 12.2 Å².